The lowest BCUT2D eigenvalue weighted by Crippen LogP contribution is -2.55. The normalized spacial score (nSPS) is 27.0. The van der Waals surface area contributed by atoms with E-state index in [9.17, 15) is 22.0 Å². The molecule has 0 aromatic rings. The van der Waals surface area contributed by atoms with Crippen molar-refractivity contribution in [1.82, 2.24) is 4.90 Å². The molecule has 1 fully saturated rings. The van der Waals surface area contributed by atoms with Gasteiger partial charge in [-0.25, -0.2) is 0 Å². The molecule has 1 aliphatic heterocycles. The number of halogens is 5. The number of nitrogens with zero attached hydrogens (tertiary/aromatic N) is 1. The smallest absolute Gasteiger partial charge is 0.322 e. The van der Waals surface area contributed by atoms with Gasteiger partial charge in [-0.15, -0.1) is 0 Å². The highest BCUT2D eigenvalue weighted by Gasteiger charge is 2.63. The van der Waals surface area contributed by atoms with Crippen LogP contribution < -0.4 is 5.73 Å². The van der Waals surface area contributed by atoms with Crippen LogP contribution in [-0.2, 0) is 0 Å². The van der Waals surface area contributed by atoms with Crippen molar-refractivity contribution in [1.29, 1.82) is 0 Å². The molecule has 0 aromatic carbocycles. The van der Waals surface area contributed by atoms with Gasteiger partial charge in [0, 0.05) is 6.54 Å². The van der Waals surface area contributed by atoms with Crippen LogP contribution >= 0.6 is 0 Å². The molecule has 0 spiro atoms. The van der Waals surface area contributed by atoms with Crippen LogP contribution in [0.5, 0.6) is 0 Å². The van der Waals surface area contributed by atoms with Gasteiger partial charge in [-0.2, -0.15) is 22.0 Å². The average Bonchev–Trinajstić information content (AvgIpc) is 2.48. The first-order valence-electron chi connectivity index (χ1n) is 4.55. The average molecular weight is 232 g/mol. The number of rotatable bonds is 2. The lowest BCUT2D eigenvalue weighted by atomic mass is 9.94. The second-order valence-electron chi connectivity index (χ2n) is 3.96. The third kappa shape index (κ3) is 2.39. The molecule has 0 radical (unpaired) electrons. The van der Waals surface area contributed by atoms with Gasteiger partial charge in [-0.05, 0) is 25.9 Å². The van der Waals surface area contributed by atoms with Crippen LogP contribution in [0.25, 0.3) is 0 Å². The third-order valence-corrected chi connectivity index (χ3v) is 2.73. The summed E-state index contributed by atoms with van der Waals surface area (Å²) in [5.74, 6) is -5.60. The molecule has 1 aliphatic rings. The van der Waals surface area contributed by atoms with Gasteiger partial charge in [0.1, 0.15) is 0 Å². The Morgan fingerprint density at radius 3 is 2.13 bits per heavy atom. The molecular weight excluding hydrogens is 219 g/mol. The predicted octanol–water partition coefficient (Wildman–Crippen LogP) is 1.46. The fourth-order valence-electron chi connectivity index (χ4n) is 1.75. The largest absolute Gasteiger partial charge is 0.454 e. The van der Waals surface area contributed by atoms with Crippen LogP contribution in [0.4, 0.5) is 22.0 Å². The van der Waals surface area contributed by atoms with Crippen molar-refractivity contribution in [3.63, 3.8) is 0 Å². The first-order valence-corrected chi connectivity index (χ1v) is 4.55. The summed E-state index contributed by atoms with van der Waals surface area (Å²) in [5, 5.41) is 0. The van der Waals surface area contributed by atoms with Crippen molar-refractivity contribution in [2.75, 3.05) is 20.1 Å². The van der Waals surface area contributed by atoms with Crippen molar-refractivity contribution in [2.45, 2.75) is 24.6 Å². The zero-order chi connectivity index (χ0) is 11.9. The summed E-state index contributed by atoms with van der Waals surface area (Å²) >= 11 is 0. The van der Waals surface area contributed by atoms with E-state index in [1.807, 2.05) is 0 Å². The number of alkyl halides is 5. The molecule has 2 N–H and O–H groups in total. The zero-order valence-electron chi connectivity index (χ0n) is 8.19. The fourth-order valence-corrected chi connectivity index (χ4v) is 1.75. The molecule has 0 aromatic heterocycles. The highest BCUT2D eigenvalue weighted by Crippen LogP contribution is 2.40. The Hall–Kier alpha value is -0.430. The Morgan fingerprint density at radius 1 is 1.27 bits per heavy atom. The molecule has 2 unspecified atom stereocenters. The van der Waals surface area contributed by atoms with Crippen molar-refractivity contribution in [3.8, 4) is 0 Å². The molecular formula is C8H13F5N2. The van der Waals surface area contributed by atoms with E-state index in [1.54, 1.807) is 11.9 Å². The van der Waals surface area contributed by atoms with Gasteiger partial charge < -0.3 is 10.6 Å². The highest BCUT2D eigenvalue weighted by atomic mass is 19.4. The third-order valence-electron chi connectivity index (χ3n) is 2.73. The van der Waals surface area contributed by atoms with Gasteiger partial charge >= 0.3 is 12.1 Å². The number of hydrogen-bond acceptors (Lipinski definition) is 2. The number of hydrogen-bond donors (Lipinski definition) is 1. The van der Waals surface area contributed by atoms with Gasteiger partial charge in [-0.3, -0.25) is 0 Å². The number of likely N-dealkylation sites (tertiary alicyclic amines) is 1. The lowest BCUT2D eigenvalue weighted by Gasteiger charge is -2.29. The summed E-state index contributed by atoms with van der Waals surface area (Å²) in [6, 6.07) is -2.15. The fraction of sp³-hybridized carbons (Fsp3) is 1.00. The van der Waals surface area contributed by atoms with Crippen LogP contribution in [0.1, 0.15) is 6.42 Å². The van der Waals surface area contributed by atoms with Crippen LogP contribution in [0.2, 0.25) is 0 Å². The molecule has 7 heteroatoms. The summed E-state index contributed by atoms with van der Waals surface area (Å²) < 4.78 is 61.6. The minimum Gasteiger partial charge on any atom is -0.322 e. The molecule has 0 amide bonds. The standard InChI is InChI=1S/C8H13F5N2/c1-15-3-2-5(4-15)6(14)7(9,10)8(11,12)13/h5-6H,2-4,14H2,1H3. The maximum absolute atomic E-state index is 12.8. The van der Waals surface area contributed by atoms with Crippen LogP contribution in [0.3, 0.4) is 0 Å². The molecule has 0 aliphatic carbocycles. The van der Waals surface area contributed by atoms with Gasteiger partial charge in [0.2, 0.25) is 0 Å². The number of nitrogens with two attached hydrogens (primary N) is 1. The molecule has 1 saturated heterocycles. The minimum atomic E-state index is -5.56. The summed E-state index contributed by atoms with van der Waals surface area (Å²) in [7, 11) is 1.67. The maximum atomic E-state index is 12.8. The van der Waals surface area contributed by atoms with Crippen molar-refractivity contribution >= 4 is 0 Å². The predicted molar refractivity (Wildman–Crippen MR) is 44.6 cm³/mol. The van der Waals surface area contributed by atoms with Crippen molar-refractivity contribution in [2.24, 2.45) is 11.7 Å². The molecule has 1 heterocycles. The molecule has 0 bridgehead atoms. The quantitative estimate of drug-likeness (QED) is 0.730. The van der Waals surface area contributed by atoms with E-state index in [1.165, 1.54) is 0 Å². The van der Waals surface area contributed by atoms with Gasteiger partial charge in [0.25, 0.3) is 0 Å². The van der Waals surface area contributed by atoms with Gasteiger partial charge in [0.05, 0.1) is 6.04 Å². The van der Waals surface area contributed by atoms with E-state index in [0.29, 0.717) is 6.54 Å². The first kappa shape index (κ1) is 12.6. The molecule has 90 valence electrons. The van der Waals surface area contributed by atoms with E-state index >= 15 is 0 Å². The first-order chi connectivity index (χ1) is 6.66. The Morgan fingerprint density at radius 2 is 1.80 bits per heavy atom. The Kier molecular flexibility index (Phi) is 3.25. The maximum Gasteiger partial charge on any atom is 0.454 e. The minimum absolute atomic E-state index is 0.187. The van der Waals surface area contributed by atoms with Crippen LogP contribution in [0, 0.1) is 5.92 Å². The zero-order valence-corrected chi connectivity index (χ0v) is 8.19. The van der Waals surface area contributed by atoms with Crippen LogP contribution in [0.15, 0.2) is 0 Å². The summed E-state index contributed by atoms with van der Waals surface area (Å²) in [4.78, 5) is 1.69. The molecule has 15 heavy (non-hydrogen) atoms. The second kappa shape index (κ2) is 3.86. The van der Waals surface area contributed by atoms with Gasteiger partial charge in [0.15, 0.2) is 0 Å². The summed E-state index contributed by atoms with van der Waals surface area (Å²) in [6.07, 6.45) is -5.28. The molecule has 2 atom stereocenters. The summed E-state index contributed by atoms with van der Waals surface area (Å²) in [6.45, 7) is 0.694. The van der Waals surface area contributed by atoms with Crippen molar-refractivity contribution < 1.29 is 22.0 Å². The van der Waals surface area contributed by atoms with Crippen LogP contribution in [-0.4, -0.2) is 43.2 Å². The van der Waals surface area contributed by atoms with E-state index in [2.05, 4.69) is 0 Å². The van der Waals surface area contributed by atoms with E-state index in [-0.39, 0.29) is 13.0 Å². The van der Waals surface area contributed by atoms with E-state index in [0.717, 1.165) is 0 Å². The second-order valence-corrected chi connectivity index (χ2v) is 3.96. The lowest BCUT2D eigenvalue weighted by molar-refractivity contribution is -0.293. The van der Waals surface area contributed by atoms with E-state index < -0.39 is 24.1 Å². The Bertz CT molecular complexity index is 228. The SMILES string of the molecule is CN1CCC(C(N)C(F)(F)C(F)(F)F)C1. The topological polar surface area (TPSA) is 29.3 Å². The Balaban J connectivity index is 2.71. The Labute approximate surface area is 84.2 Å². The molecule has 0 saturated carbocycles. The molecule has 1 rings (SSSR count). The summed E-state index contributed by atoms with van der Waals surface area (Å²) in [5.41, 5.74) is 5.01. The monoisotopic (exact) mass is 232 g/mol. The van der Waals surface area contributed by atoms with Gasteiger partial charge in [-0.1, -0.05) is 0 Å². The van der Waals surface area contributed by atoms with Crippen molar-refractivity contribution in [3.05, 3.63) is 0 Å². The molecule has 2 nitrogen and oxygen atoms in total. The highest BCUT2D eigenvalue weighted by molar-refractivity contribution is 4.94. The van der Waals surface area contributed by atoms with E-state index in [4.69, 9.17) is 5.73 Å².